The lowest BCUT2D eigenvalue weighted by Gasteiger charge is -2.08. The lowest BCUT2D eigenvalue weighted by Crippen LogP contribution is -2.25. The van der Waals surface area contributed by atoms with E-state index in [0.29, 0.717) is 28.2 Å². The van der Waals surface area contributed by atoms with Gasteiger partial charge in [0.1, 0.15) is 0 Å². The van der Waals surface area contributed by atoms with Gasteiger partial charge in [-0.05, 0) is 30.5 Å². The molecule has 0 aliphatic carbocycles. The number of amides is 1. The van der Waals surface area contributed by atoms with Crippen LogP contribution in [0.15, 0.2) is 18.2 Å². The molecule has 1 aliphatic rings. The van der Waals surface area contributed by atoms with E-state index in [1.165, 1.54) is 11.1 Å². The molecule has 0 saturated carbocycles. The fourth-order valence-electron chi connectivity index (χ4n) is 3.02. The van der Waals surface area contributed by atoms with Gasteiger partial charge in [0, 0.05) is 30.9 Å². The Kier molecular flexibility index (Phi) is 4.62. The lowest BCUT2D eigenvalue weighted by atomic mass is 10.1. The van der Waals surface area contributed by atoms with Crippen LogP contribution >= 0.6 is 0 Å². The summed E-state index contributed by atoms with van der Waals surface area (Å²) in [5.41, 5.74) is 4.93. The summed E-state index contributed by atoms with van der Waals surface area (Å²) < 4.78 is 26.3. The topological polar surface area (TPSA) is 59.0 Å². The molecule has 1 aromatic carbocycles. The molecule has 2 aromatic rings. The van der Waals surface area contributed by atoms with Crippen molar-refractivity contribution in [2.45, 2.75) is 46.5 Å². The Morgan fingerprint density at radius 2 is 2.08 bits per heavy atom. The molecule has 0 unspecified atom stereocenters. The molecule has 128 valence electrons. The van der Waals surface area contributed by atoms with Gasteiger partial charge in [-0.25, -0.2) is 4.68 Å². The van der Waals surface area contributed by atoms with Crippen LogP contribution in [0.3, 0.4) is 0 Å². The minimum Gasteiger partial charge on any atom is -0.352 e. The maximum absolute atomic E-state index is 12.8. The fourth-order valence-corrected chi connectivity index (χ4v) is 3.02. The first-order valence-electron chi connectivity index (χ1n) is 7.86. The molecule has 2 N–H and O–H groups in total. The Hall–Kier alpha value is -2.28. The molecule has 1 aliphatic heterocycles. The predicted molar refractivity (Wildman–Crippen MR) is 85.5 cm³/mol. The number of benzene rings is 1. The molecule has 1 amide bonds. The van der Waals surface area contributed by atoms with E-state index in [2.05, 4.69) is 27.9 Å². The molecule has 0 fully saturated rings. The van der Waals surface area contributed by atoms with Crippen LogP contribution in [0.5, 0.6) is 0 Å². The number of fused-ring (bicyclic) bond motifs is 1. The molecule has 0 atom stereocenters. The van der Waals surface area contributed by atoms with E-state index in [0.717, 1.165) is 18.7 Å². The zero-order chi connectivity index (χ0) is 17.3. The van der Waals surface area contributed by atoms with Gasteiger partial charge < -0.3 is 10.6 Å². The molecule has 24 heavy (non-hydrogen) atoms. The van der Waals surface area contributed by atoms with Crippen LogP contribution in [0, 0.1) is 13.8 Å². The summed E-state index contributed by atoms with van der Waals surface area (Å²) in [6.07, 6.45) is 0.0525. The fraction of sp³-hybridized carbons (Fsp3) is 0.412. The van der Waals surface area contributed by atoms with Crippen LogP contribution < -0.4 is 10.6 Å². The highest BCUT2D eigenvalue weighted by atomic mass is 19.3. The van der Waals surface area contributed by atoms with Crippen molar-refractivity contribution in [3.8, 4) is 0 Å². The maximum Gasteiger partial charge on any atom is 0.333 e. The number of halogens is 2. The molecule has 5 nitrogen and oxygen atoms in total. The van der Waals surface area contributed by atoms with Gasteiger partial charge in [0.25, 0.3) is 0 Å². The monoisotopic (exact) mass is 334 g/mol. The number of rotatable bonds is 5. The third kappa shape index (κ3) is 3.31. The van der Waals surface area contributed by atoms with E-state index in [9.17, 15) is 13.6 Å². The van der Waals surface area contributed by atoms with Gasteiger partial charge in [0.15, 0.2) is 0 Å². The van der Waals surface area contributed by atoms with Crippen molar-refractivity contribution >= 4 is 5.91 Å². The van der Waals surface area contributed by atoms with Gasteiger partial charge in [-0.1, -0.05) is 18.2 Å². The van der Waals surface area contributed by atoms with Crippen LogP contribution in [0.1, 0.15) is 40.2 Å². The first-order chi connectivity index (χ1) is 11.5. The normalized spacial score (nSPS) is 13.4. The second-order valence-corrected chi connectivity index (χ2v) is 6.03. The molecule has 1 aromatic heterocycles. The zero-order valence-corrected chi connectivity index (χ0v) is 13.7. The molecular formula is C17H20F2N4O. The van der Waals surface area contributed by atoms with Crippen LogP contribution in [0.25, 0.3) is 0 Å². The highest BCUT2D eigenvalue weighted by Gasteiger charge is 2.19. The smallest absolute Gasteiger partial charge is 0.333 e. The molecule has 3 rings (SSSR count). The summed E-state index contributed by atoms with van der Waals surface area (Å²) in [6.45, 7) is 2.66. The van der Waals surface area contributed by atoms with E-state index in [1.54, 1.807) is 13.8 Å². The van der Waals surface area contributed by atoms with Gasteiger partial charge in [-0.15, -0.1) is 0 Å². The predicted octanol–water partition coefficient (Wildman–Crippen LogP) is 2.36. The Balaban J connectivity index is 1.62. The highest BCUT2D eigenvalue weighted by molar-refractivity contribution is 5.79. The van der Waals surface area contributed by atoms with E-state index >= 15 is 0 Å². The van der Waals surface area contributed by atoms with Crippen molar-refractivity contribution in [2.75, 3.05) is 0 Å². The lowest BCUT2D eigenvalue weighted by molar-refractivity contribution is -0.120. The Labute approximate surface area is 139 Å². The molecule has 0 radical (unpaired) electrons. The minimum absolute atomic E-state index is 0.0525. The Morgan fingerprint density at radius 1 is 1.33 bits per heavy atom. The van der Waals surface area contributed by atoms with Crippen molar-refractivity contribution in [2.24, 2.45) is 0 Å². The van der Waals surface area contributed by atoms with E-state index in [4.69, 9.17) is 0 Å². The van der Waals surface area contributed by atoms with Gasteiger partial charge in [0.05, 0.1) is 12.1 Å². The highest BCUT2D eigenvalue weighted by Crippen LogP contribution is 2.20. The SMILES string of the molecule is Cc1nn(C(F)F)c(C)c1CC(=O)NCc1ccc2c(c1)CNC2. The molecule has 0 saturated heterocycles. The number of hydrogen-bond donors (Lipinski definition) is 2. The van der Waals surface area contributed by atoms with E-state index < -0.39 is 6.55 Å². The van der Waals surface area contributed by atoms with Crippen molar-refractivity contribution in [3.63, 3.8) is 0 Å². The number of carbonyl (C=O) groups excluding carboxylic acids is 1. The van der Waals surface area contributed by atoms with Gasteiger partial charge in [0.2, 0.25) is 5.91 Å². The maximum atomic E-state index is 12.8. The number of nitrogens with one attached hydrogen (secondary N) is 2. The number of aromatic nitrogens is 2. The summed E-state index contributed by atoms with van der Waals surface area (Å²) in [5, 5.41) is 9.93. The standard InChI is InChI=1S/C17H20F2N4O/c1-10-15(11(2)23(22-10)17(18)19)6-16(24)21-7-12-3-4-13-8-20-9-14(13)5-12/h3-5,17,20H,6-9H2,1-2H3,(H,21,24). The van der Waals surface area contributed by atoms with Crippen molar-refractivity contribution < 1.29 is 13.6 Å². The van der Waals surface area contributed by atoms with Crippen LogP contribution in [-0.2, 0) is 30.8 Å². The van der Waals surface area contributed by atoms with E-state index in [1.807, 2.05) is 6.07 Å². The van der Waals surface area contributed by atoms with Crippen LogP contribution in [0.4, 0.5) is 8.78 Å². The van der Waals surface area contributed by atoms with Crippen molar-refractivity contribution in [1.29, 1.82) is 0 Å². The van der Waals surface area contributed by atoms with Gasteiger partial charge >= 0.3 is 6.55 Å². The third-order valence-electron chi connectivity index (χ3n) is 4.39. The third-order valence-corrected chi connectivity index (χ3v) is 4.39. The largest absolute Gasteiger partial charge is 0.352 e. The van der Waals surface area contributed by atoms with Crippen molar-refractivity contribution in [3.05, 3.63) is 51.8 Å². The number of aryl methyl sites for hydroxylation is 1. The van der Waals surface area contributed by atoms with Gasteiger partial charge in [-0.2, -0.15) is 13.9 Å². The minimum atomic E-state index is -2.69. The Morgan fingerprint density at radius 3 is 2.79 bits per heavy atom. The zero-order valence-electron chi connectivity index (χ0n) is 13.7. The summed E-state index contributed by atoms with van der Waals surface area (Å²) in [4.78, 5) is 12.2. The first-order valence-corrected chi connectivity index (χ1v) is 7.86. The van der Waals surface area contributed by atoms with E-state index in [-0.39, 0.29) is 12.3 Å². The number of alkyl halides is 2. The average Bonchev–Trinajstić information content (AvgIpc) is 3.12. The summed E-state index contributed by atoms with van der Waals surface area (Å²) >= 11 is 0. The summed E-state index contributed by atoms with van der Waals surface area (Å²) in [7, 11) is 0. The molecule has 0 spiro atoms. The molecule has 2 heterocycles. The molecule has 7 heteroatoms. The Bertz CT molecular complexity index is 770. The number of carbonyl (C=O) groups is 1. The second kappa shape index (κ2) is 6.68. The quantitative estimate of drug-likeness (QED) is 0.882. The average molecular weight is 334 g/mol. The molecular weight excluding hydrogens is 314 g/mol. The second-order valence-electron chi connectivity index (χ2n) is 6.03. The van der Waals surface area contributed by atoms with Crippen LogP contribution in [-0.4, -0.2) is 15.7 Å². The summed E-state index contributed by atoms with van der Waals surface area (Å²) in [5.74, 6) is -0.200. The van der Waals surface area contributed by atoms with Crippen LogP contribution in [0.2, 0.25) is 0 Å². The summed E-state index contributed by atoms with van der Waals surface area (Å²) in [6, 6.07) is 6.15. The number of hydrogen-bond acceptors (Lipinski definition) is 3. The first kappa shape index (κ1) is 16.6. The van der Waals surface area contributed by atoms with Crippen molar-refractivity contribution in [1.82, 2.24) is 20.4 Å². The van der Waals surface area contributed by atoms with Gasteiger partial charge in [-0.3, -0.25) is 4.79 Å². The number of nitrogens with zero attached hydrogens (tertiary/aromatic N) is 2. The molecule has 0 bridgehead atoms.